The molecule has 0 saturated carbocycles. The molecule has 5 heteroatoms. The number of nitrogens with one attached hydrogen (secondary N) is 1. The number of amides is 2. The molecule has 2 heterocycles. The minimum atomic E-state index is -0.0906. The van der Waals surface area contributed by atoms with Gasteiger partial charge in [-0.1, -0.05) is 32.0 Å². The lowest BCUT2D eigenvalue weighted by Crippen LogP contribution is -2.44. The van der Waals surface area contributed by atoms with Crippen LogP contribution in [0.3, 0.4) is 0 Å². The van der Waals surface area contributed by atoms with Crippen LogP contribution in [0.1, 0.15) is 20.3 Å². The van der Waals surface area contributed by atoms with Gasteiger partial charge in [0.2, 0.25) is 0 Å². The number of urea groups is 1. The van der Waals surface area contributed by atoms with Crippen molar-refractivity contribution in [3.63, 3.8) is 0 Å². The monoisotopic (exact) mass is 313 g/mol. The lowest BCUT2D eigenvalue weighted by Gasteiger charge is -2.35. The van der Waals surface area contributed by atoms with Gasteiger partial charge in [-0.25, -0.2) is 4.79 Å². The van der Waals surface area contributed by atoms with Crippen molar-refractivity contribution in [2.75, 3.05) is 18.4 Å². The van der Waals surface area contributed by atoms with Gasteiger partial charge < -0.3 is 14.8 Å². The topological polar surface area (TPSA) is 54.3 Å². The third-order valence-corrected chi connectivity index (χ3v) is 4.49. The number of pyridine rings is 1. The molecule has 1 aromatic carbocycles. The van der Waals surface area contributed by atoms with Crippen LogP contribution < -0.4 is 10.9 Å². The minimum Gasteiger partial charge on any atom is -0.324 e. The molecule has 3 rings (SSSR count). The first-order chi connectivity index (χ1) is 11.0. The summed E-state index contributed by atoms with van der Waals surface area (Å²) in [5.74, 6) is 1.03. The Hall–Kier alpha value is -2.30. The number of carbonyl (C=O) groups is 1. The number of piperidine rings is 1. The van der Waals surface area contributed by atoms with Crippen molar-refractivity contribution in [3.05, 3.63) is 40.8 Å². The molecule has 1 aliphatic heterocycles. The molecule has 0 unspecified atom stereocenters. The normalized spacial score (nSPS) is 21.4. The molecule has 0 spiro atoms. The summed E-state index contributed by atoms with van der Waals surface area (Å²) in [6, 6.07) is 7.28. The fourth-order valence-corrected chi connectivity index (χ4v) is 3.54. The molecule has 2 atom stereocenters. The predicted molar refractivity (Wildman–Crippen MR) is 92.7 cm³/mol. The molecule has 2 amide bonds. The van der Waals surface area contributed by atoms with Gasteiger partial charge in [-0.3, -0.25) is 4.79 Å². The first-order valence-corrected chi connectivity index (χ1v) is 8.10. The lowest BCUT2D eigenvalue weighted by atomic mass is 9.92. The number of nitrogens with zero attached hydrogens (tertiary/aromatic N) is 2. The van der Waals surface area contributed by atoms with E-state index in [1.807, 2.05) is 23.1 Å². The fourth-order valence-electron chi connectivity index (χ4n) is 3.54. The average molecular weight is 313 g/mol. The van der Waals surface area contributed by atoms with Crippen LogP contribution in [0.4, 0.5) is 10.5 Å². The van der Waals surface area contributed by atoms with Crippen molar-refractivity contribution in [2.24, 2.45) is 18.9 Å². The Bertz CT molecular complexity index is 786. The van der Waals surface area contributed by atoms with Gasteiger partial charge in [-0.05, 0) is 24.3 Å². The molecule has 2 aromatic rings. The van der Waals surface area contributed by atoms with E-state index in [0.717, 1.165) is 24.9 Å². The summed E-state index contributed by atoms with van der Waals surface area (Å²) >= 11 is 0. The maximum atomic E-state index is 12.6. The maximum absolute atomic E-state index is 12.6. The standard InChI is InChI=1S/C18H23N3O2/c1-12-8-13(2)10-21(9-12)18(23)19-16-11-20(3)17(22)15-7-5-4-6-14(15)16/h4-7,11-13H,8-10H2,1-3H3,(H,19,23)/t12-,13-/m1/s1. The second-order valence-electron chi connectivity index (χ2n) is 6.79. The largest absolute Gasteiger partial charge is 0.324 e. The third-order valence-electron chi connectivity index (χ3n) is 4.49. The molecule has 23 heavy (non-hydrogen) atoms. The van der Waals surface area contributed by atoms with Crippen molar-refractivity contribution >= 4 is 22.5 Å². The van der Waals surface area contributed by atoms with Gasteiger partial charge in [0, 0.05) is 37.1 Å². The maximum Gasteiger partial charge on any atom is 0.321 e. The molecule has 0 bridgehead atoms. The molecule has 0 radical (unpaired) electrons. The van der Waals surface area contributed by atoms with Crippen LogP contribution in [0, 0.1) is 11.8 Å². The Kier molecular flexibility index (Phi) is 4.11. The van der Waals surface area contributed by atoms with E-state index in [2.05, 4.69) is 19.2 Å². The highest BCUT2D eigenvalue weighted by molar-refractivity contribution is 6.00. The van der Waals surface area contributed by atoms with E-state index in [1.54, 1.807) is 19.3 Å². The summed E-state index contributed by atoms with van der Waals surface area (Å²) in [4.78, 5) is 26.7. The van der Waals surface area contributed by atoms with Crippen LogP contribution in [0.15, 0.2) is 35.3 Å². The molecule has 122 valence electrons. The summed E-state index contributed by atoms with van der Waals surface area (Å²) in [5.41, 5.74) is 0.623. The number of aryl methyl sites for hydroxylation is 1. The molecule has 1 aliphatic rings. The minimum absolute atomic E-state index is 0.0567. The van der Waals surface area contributed by atoms with E-state index in [-0.39, 0.29) is 11.6 Å². The van der Waals surface area contributed by atoms with Gasteiger partial charge in [-0.15, -0.1) is 0 Å². The second kappa shape index (κ2) is 6.07. The van der Waals surface area contributed by atoms with Crippen LogP contribution in [0.25, 0.3) is 10.8 Å². The number of benzene rings is 1. The Morgan fingerprint density at radius 3 is 2.39 bits per heavy atom. The molecule has 1 N–H and O–H groups in total. The highest BCUT2D eigenvalue weighted by Gasteiger charge is 2.25. The number of carbonyl (C=O) groups excluding carboxylic acids is 1. The van der Waals surface area contributed by atoms with Crippen LogP contribution in [0.5, 0.6) is 0 Å². The van der Waals surface area contributed by atoms with E-state index in [0.29, 0.717) is 22.9 Å². The average Bonchev–Trinajstić information content (AvgIpc) is 2.51. The molecule has 1 saturated heterocycles. The molecule has 0 aliphatic carbocycles. The highest BCUT2D eigenvalue weighted by atomic mass is 16.2. The van der Waals surface area contributed by atoms with Gasteiger partial charge >= 0.3 is 6.03 Å². The number of likely N-dealkylation sites (tertiary alicyclic amines) is 1. The molecule has 1 fully saturated rings. The Morgan fingerprint density at radius 1 is 1.13 bits per heavy atom. The van der Waals surface area contributed by atoms with Crippen molar-refractivity contribution in [2.45, 2.75) is 20.3 Å². The lowest BCUT2D eigenvalue weighted by molar-refractivity contribution is 0.156. The van der Waals surface area contributed by atoms with Crippen molar-refractivity contribution < 1.29 is 4.79 Å². The fraction of sp³-hybridized carbons (Fsp3) is 0.444. The summed E-state index contributed by atoms with van der Waals surface area (Å²) in [5, 5.41) is 4.39. The highest BCUT2D eigenvalue weighted by Crippen LogP contribution is 2.24. The zero-order valence-electron chi connectivity index (χ0n) is 13.9. The van der Waals surface area contributed by atoms with E-state index < -0.39 is 0 Å². The van der Waals surface area contributed by atoms with Gasteiger partial charge in [0.05, 0.1) is 5.69 Å². The zero-order chi connectivity index (χ0) is 16.6. The van der Waals surface area contributed by atoms with Crippen molar-refractivity contribution in [1.29, 1.82) is 0 Å². The number of rotatable bonds is 1. The number of fused-ring (bicyclic) bond motifs is 1. The number of hydrogen-bond donors (Lipinski definition) is 1. The van der Waals surface area contributed by atoms with E-state index >= 15 is 0 Å². The Balaban J connectivity index is 1.91. The SMILES string of the molecule is C[C@@H]1C[C@@H](C)CN(C(=O)Nc2cn(C)c(=O)c3ccccc23)C1. The molecular formula is C18H23N3O2. The molecule has 5 nitrogen and oxygen atoms in total. The van der Waals surface area contributed by atoms with Gasteiger partial charge in [-0.2, -0.15) is 0 Å². The van der Waals surface area contributed by atoms with Crippen LogP contribution in [0.2, 0.25) is 0 Å². The third kappa shape index (κ3) is 3.09. The first kappa shape index (κ1) is 15.6. The Morgan fingerprint density at radius 2 is 1.74 bits per heavy atom. The summed E-state index contributed by atoms with van der Waals surface area (Å²) in [6.07, 6.45) is 2.85. The first-order valence-electron chi connectivity index (χ1n) is 8.10. The van der Waals surface area contributed by atoms with Crippen molar-refractivity contribution in [1.82, 2.24) is 9.47 Å². The zero-order valence-corrected chi connectivity index (χ0v) is 13.9. The summed E-state index contributed by atoms with van der Waals surface area (Å²) in [7, 11) is 1.70. The molecule has 1 aromatic heterocycles. The van der Waals surface area contributed by atoms with E-state index in [4.69, 9.17) is 0 Å². The van der Waals surface area contributed by atoms with Crippen molar-refractivity contribution in [3.8, 4) is 0 Å². The number of hydrogen-bond acceptors (Lipinski definition) is 2. The van der Waals surface area contributed by atoms with Gasteiger partial charge in [0.1, 0.15) is 0 Å². The van der Waals surface area contributed by atoms with Crippen LogP contribution in [-0.2, 0) is 7.05 Å². The van der Waals surface area contributed by atoms with Gasteiger partial charge in [0.15, 0.2) is 0 Å². The molecular weight excluding hydrogens is 290 g/mol. The smallest absolute Gasteiger partial charge is 0.321 e. The summed E-state index contributed by atoms with van der Waals surface area (Å²) in [6.45, 7) is 5.91. The van der Waals surface area contributed by atoms with Crippen LogP contribution in [-0.4, -0.2) is 28.6 Å². The van der Waals surface area contributed by atoms with Gasteiger partial charge in [0.25, 0.3) is 5.56 Å². The Labute approximate surface area is 135 Å². The summed E-state index contributed by atoms with van der Waals surface area (Å²) < 4.78 is 1.51. The van der Waals surface area contributed by atoms with E-state index in [1.165, 1.54) is 4.57 Å². The quantitative estimate of drug-likeness (QED) is 0.880. The van der Waals surface area contributed by atoms with Crippen LogP contribution >= 0.6 is 0 Å². The number of aromatic nitrogens is 1. The predicted octanol–water partition coefficient (Wildman–Crippen LogP) is 3.05. The van der Waals surface area contributed by atoms with E-state index in [9.17, 15) is 9.59 Å². The second-order valence-corrected chi connectivity index (χ2v) is 6.79. The number of anilines is 1.